The lowest BCUT2D eigenvalue weighted by molar-refractivity contribution is -0.155. The number of esters is 1. The van der Waals surface area contributed by atoms with Gasteiger partial charge in [0.1, 0.15) is 6.61 Å². The lowest BCUT2D eigenvalue weighted by Gasteiger charge is -2.25. The molecule has 0 bridgehead atoms. The van der Waals surface area contributed by atoms with Crippen LogP contribution in [0.1, 0.15) is 24.0 Å². The van der Waals surface area contributed by atoms with Gasteiger partial charge in [0.2, 0.25) is 12.0 Å². The molecule has 1 heterocycles. The molecule has 0 aromatic heterocycles. The highest BCUT2D eigenvalue weighted by Crippen LogP contribution is 2.12. The minimum Gasteiger partial charge on any atom is -0.458 e. The van der Waals surface area contributed by atoms with Gasteiger partial charge in [-0.25, -0.2) is 9.59 Å². The summed E-state index contributed by atoms with van der Waals surface area (Å²) in [6.45, 7) is 1.58. The van der Waals surface area contributed by atoms with Gasteiger partial charge in [-0.2, -0.15) is 0 Å². The summed E-state index contributed by atoms with van der Waals surface area (Å²) < 4.78 is 10.9. The van der Waals surface area contributed by atoms with Crippen LogP contribution in [-0.2, 0) is 32.1 Å². The van der Waals surface area contributed by atoms with Crippen LogP contribution in [0.15, 0.2) is 72.8 Å². The van der Waals surface area contributed by atoms with E-state index < -0.39 is 18.2 Å². The molecule has 0 unspecified atom stereocenters. The molecule has 0 N–H and O–H groups in total. The highest BCUT2D eigenvalue weighted by atomic mass is 16.6. The van der Waals surface area contributed by atoms with Crippen LogP contribution in [0, 0.1) is 0 Å². The molecule has 0 fully saturated rings. The Morgan fingerprint density at radius 2 is 1.64 bits per heavy atom. The first kappa shape index (κ1) is 24.0. The molecular formula is C26H30N2O5. The van der Waals surface area contributed by atoms with E-state index in [9.17, 15) is 14.4 Å². The summed E-state index contributed by atoms with van der Waals surface area (Å²) in [5, 5.41) is 0. The maximum Gasteiger partial charge on any atom is 0.410 e. The highest BCUT2D eigenvalue weighted by Gasteiger charge is 2.27. The van der Waals surface area contributed by atoms with E-state index in [0.29, 0.717) is 13.1 Å². The fourth-order valence-electron chi connectivity index (χ4n) is 3.42. The summed E-state index contributed by atoms with van der Waals surface area (Å²) in [6.07, 6.45) is 3.50. The Hall–Kier alpha value is -3.61. The first-order chi connectivity index (χ1) is 16.0. The number of hydrogen-bond donors (Lipinski definition) is 0. The van der Waals surface area contributed by atoms with Gasteiger partial charge in [0.15, 0.2) is 0 Å². The third-order valence-electron chi connectivity index (χ3n) is 5.38. The van der Waals surface area contributed by atoms with Crippen molar-refractivity contribution in [1.82, 2.24) is 9.80 Å². The number of hydrogen-bond acceptors (Lipinski definition) is 5. The van der Waals surface area contributed by atoms with E-state index in [1.54, 1.807) is 11.9 Å². The SMILES string of the molecule is CN(CCC(=O)N1CC=CCC1)C(=O)O[C@@H](Cc1ccccc1)C(=O)OCc1ccccc1. The van der Waals surface area contributed by atoms with Crippen molar-refractivity contribution in [2.45, 2.75) is 32.0 Å². The fourth-order valence-corrected chi connectivity index (χ4v) is 3.42. The normalized spacial score (nSPS) is 13.8. The molecule has 0 aliphatic carbocycles. The van der Waals surface area contributed by atoms with Gasteiger partial charge < -0.3 is 19.3 Å². The van der Waals surface area contributed by atoms with Gasteiger partial charge in [-0.3, -0.25) is 4.79 Å². The van der Waals surface area contributed by atoms with Crippen molar-refractivity contribution in [1.29, 1.82) is 0 Å². The number of rotatable bonds is 9. The van der Waals surface area contributed by atoms with E-state index in [-0.39, 0.29) is 31.9 Å². The molecule has 1 atom stereocenters. The van der Waals surface area contributed by atoms with Crippen molar-refractivity contribution in [2.75, 3.05) is 26.7 Å². The van der Waals surface area contributed by atoms with Crippen LogP contribution in [0.4, 0.5) is 4.79 Å². The second-order valence-corrected chi connectivity index (χ2v) is 7.93. The molecule has 7 nitrogen and oxygen atoms in total. The highest BCUT2D eigenvalue weighted by molar-refractivity contribution is 5.80. The Morgan fingerprint density at radius 3 is 2.27 bits per heavy atom. The number of carbonyl (C=O) groups is 3. The molecule has 174 valence electrons. The lowest BCUT2D eigenvalue weighted by atomic mass is 10.1. The summed E-state index contributed by atoms with van der Waals surface area (Å²) in [7, 11) is 1.56. The van der Waals surface area contributed by atoms with Crippen LogP contribution in [0.2, 0.25) is 0 Å². The summed E-state index contributed by atoms with van der Waals surface area (Å²) >= 11 is 0. The molecule has 2 aromatic carbocycles. The minimum absolute atomic E-state index is 0.0119. The van der Waals surface area contributed by atoms with E-state index in [2.05, 4.69) is 6.08 Å². The van der Waals surface area contributed by atoms with Crippen LogP contribution < -0.4 is 0 Å². The molecule has 7 heteroatoms. The Labute approximate surface area is 194 Å². The number of amides is 2. The van der Waals surface area contributed by atoms with Gasteiger partial charge in [-0.1, -0.05) is 72.8 Å². The molecule has 0 saturated heterocycles. The molecule has 0 spiro atoms. The summed E-state index contributed by atoms with van der Waals surface area (Å²) in [4.78, 5) is 40.9. The Morgan fingerprint density at radius 1 is 0.970 bits per heavy atom. The van der Waals surface area contributed by atoms with E-state index in [0.717, 1.165) is 17.5 Å². The largest absolute Gasteiger partial charge is 0.458 e. The van der Waals surface area contributed by atoms with Crippen molar-refractivity contribution in [2.24, 2.45) is 0 Å². The van der Waals surface area contributed by atoms with E-state index in [1.165, 1.54) is 4.90 Å². The van der Waals surface area contributed by atoms with E-state index in [4.69, 9.17) is 9.47 Å². The maximum absolute atomic E-state index is 12.8. The molecule has 2 aromatic rings. The lowest BCUT2D eigenvalue weighted by Crippen LogP contribution is -2.39. The standard InChI is InChI=1S/C26H30N2O5/c1-27(18-15-24(29)28-16-9-4-10-17-28)26(31)33-23(19-21-11-5-2-6-12-21)25(30)32-20-22-13-7-3-8-14-22/h2-9,11-14,23H,10,15-20H2,1H3/t23-/m0/s1. The predicted molar refractivity (Wildman–Crippen MR) is 124 cm³/mol. The van der Waals surface area contributed by atoms with Crippen molar-refractivity contribution >= 4 is 18.0 Å². The molecule has 3 rings (SSSR count). The summed E-state index contributed by atoms with van der Waals surface area (Å²) in [6, 6.07) is 18.6. The van der Waals surface area contributed by atoms with Crippen molar-refractivity contribution < 1.29 is 23.9 Å². The third kappa shape index (κ3) is 7.79. The zero-order valence-electron chi connectivity index (χ0n) is 18.9. The van der Waals surface area contributed by atoms with Gasteiger partial charge >= 0.3 is 12.1 Å². The molecule has 0 saturated carbocycles. The topological polar surface area (TPSA) is 76.2 Å². The molecule has 1 aliphatic heterocycles. The van der Waals surface area contributed by atoms with Gasteiger partial charge in [0.05, 0.1) is 0 Å². The maximum atomic E-state index is 12.8. The van der Waals surface area contributed by atoms with Gasteiger partial charge in [0.25, 0.3) is 0 Å². The first-order valence-corrected chi connectivity index (χ1v) is 11.1. The predicted octanol–water partition coefficient (Wildman–Crippen LogP) is 3.59. The fraction of sp³-hybridized carbons (Fsp3) is 0.346. The molecular weight excluding hydrogens is 420 g/mol. The molecule has 33 heavy (non-hydrogen) atoms. The molecule has 1 aliphatic rings. The third-order valence-corrected chi connectivity index (χ3v) is 5.38. The van der Waals surface area contributed by atoms with Crippen LogP contribution in [-0.4, -0.2) is 60.6 Å². The van der Waals surface area contributed by atoms with Crippen LogP contribution in [0.25, 0.3) is 0 Å². The van der Waals surface area contributed by atoms with Gasteiger partial charge in [-0.05, 0) is 17.5 Å². The van der Waals surface area contributed by atoms with E-state index >= 15 is 0 Å². The van der Waals surface area contributed by atoms with Crippen molar-refractivity contribution in [3.05, 3.63) is 83.9 Å². The number of carbonyl (C=O) groups excluding carboxylic acids is 3. The summed E-state index contributed by atoms with van der Waals surface area (Å²) in [5.41, 5.74) is 1.70. The quantitative estimate of drug-likeness (QED) is 0.431. The monoisotopic (exact) mass is 450 g/mol. The first-order valence-electron chi connectivity index (χ1n) is 11.1. The Balaban J connectivity index is 1.56. The van der Waals surface area contributed by atoms with Crippen LogP contribution in [0.5, 0.6) is 0 Å². The zero-order chi connectivity index (χ0) is 23.5. The second kappa shape index (κ2) is 12.4. The van der Waals surface area contributed by atoms with Crippen LogP contribution >= 0.6 is 0 Å². The average molecular weight is 451 g/mol. The zero-order valence-corrected chi connectivity index (χ0v) is 18.9. The van der Waals surface area contributed by atoms with Gasteiger partial charge in [-0.15, -0.1) is 0 Å². The van der Waals surface area contributed by atoms with E-state index in [1.807, 2.05) is 66.7 Å². The minimum atomic E-state index is -1.09. The Bertz CT molecular complexity index is 946. The second-order valence-electron chi connectivity index (χ2n) is 7.93. The number of ether oxygens (including phenoxy) is 2. The van der Waals surface area contributed by atoms with Gasteiger partial charge in [0, 0.05) is 39.5 Å². The molecule has 2 amide bonds. The van der Waals surface area contributed by atoms with Crippen LogP contribution in [0.3, 0.4) is 0 Å². The van der Waals surface area contributed by atoms with Crippen molar-refractivity contribution in [3.8, 4) is 0 Å². The molecule has 0 radical (unpaired) electrons. The van der Waals surface area contributed by atoms with Crippen molar-refractivity contribution in [3.63, 3.8) is 0 Å². The number of benzene rings is 2. The average Bonchev–Trinajstić information content (AvgIpc) is 2.86. The summed E-state index contributed by atoms with van der Waals surface area (Å²) in [5.74, 6) is -0.622. The smallest absolute Gasteiger partial charge is 0.410 e. The Kier molecular flexibility index (Phi) is 9.06. The number of nitrogens with zero attached hydrogens (tertiary/aromatic N) is 2.